The Labute approximate surface area is 100 Å². The summed E-state index contributed by atoms with van der Waals surface area (Å²) in [5, 5.41) is 3.70. The lowest BCUT2D eigenvalue weighted by Gasteiger charge is -2.21. The Morgan fingerprint density at radius 2 is 1.94 bits per heavy atom. The van der Waals surface area contributed by atoms with Crippen molar-refractivity contribution in [1.29, 1.82) is 0 Å². The third kappa shape index (κ3) is 3.44. The van der Waals surface area contributed by atoms with Gasteiger partial charge in [0.15, 0.2) is 0 Å². The van der Waals surface area contributed by atoms with Gasteiger partial charge in [-0.15, -0.1) is 0 Å². The van der Waals surface area contributed by atoms with E-state index in [2.05, 4.69) is 29.2 Å². The highest BCUT2D eigenvalue weighted by molar-refractivity contribution is 4.81. The normalized spacial score (nSPS) is 28.3. The van der Waals surface area contributed by atoms with Crippen LogP contribution < -0.4 is 5.32 Å². The molecule has 0 bridgehead atoms. The van der Waals surface area contributed by atoms with Crippen molar-refractivity contribution in [3.05, 3.63) is 0 Å². The van der Waals surface area contributed by atoms with E-state index in [-0.39, 0.29) is 0 Å². The van der Waals surface area contributed by atoms with Crippen LogP contribution in [0, 0.1) is 0 Å². The molecule has 1 unspecified atom stereocenters. The van der Waals surface area contributed by atoms with E-state index in [1.54, 1.807) is 0 Å². The van der Waals surface area contributed by atoms with Crippen LogP contribution in [0.5, 0.6) is 0 Å². The van der Waals surface area contributed by atoms with Gasteiger partial charge in [-0.25, -0.2) is 0 Å². The lowest BCUT2D eigenvalue weighted by molar-refractivity contribution is 0.266. The minimum Gasteiger partial charge on any atom is -0.313 e. The van der Waals surface area contributed by atoms with Crippen LogP contribution in [-0.2, 0) is 0 Å². The summed E-state index contributed by atoms with van der Waals surface area (Å²) in [6.07, 6.45) is 7.02. The molecule has 1 saturated carbocycles. The fraction of sp³-hybridized carbons (Fsp3) is 1.00. The second-order valence-electron chi connectivity index (χ2n) is 5.64. The van der Waals surface area contributed by atoms with Crippen LogP contribution in [-0.4, -0.2) is 62.2 Å². The molecule has 1 aliphatic heterocycles. The van der Waals surface area contributed by atoms with Gasteiger partial charge in [0.25, 0.3) is 0 Å². The Morgan fingerprint density at radius 3 is 2.56 bits per heavy atom. The molecule has 3 nitrogen and oxygen atoms in total. The lowest BCUT2D eigenvalue weighted by atomic mass is 10.2. The van der Waals surface area contributed by atoms with Gasteiger partial charge in [0.2, 0.25) is 0 Å². The first-order valence-corrected chi connectivity index (χ1v) is 6.88. The van der Waals surface area contributed by atoms with Gasteiger partial charge in [0, 0.05) is 31.7 Å². The highest BCUT2D eigenvalue weighted by atomic mass is 15.2. The van der Waals surface area contributed by atoms with E-state index in [0.717, 1.165) is 12.1 Å². The van der Waals surface area contributed by atoms with E-state index in [9.17, 15) is 0 Å². The molecular weight excluding hydrogens is 198 g/mol. The molecule has 2 fully saturated rings. The van der Waals surface area contributed by atoms with Crippen molar-refractivity contribution in [2.75, 3.05) is 40.3 Å². The summed E-state index contributed by atoms with van der Waals surface area (Å²) >= 11 is 0. The van der Waals surface area contributed by atoms with Gasteiger partial charge in [-0.1, -0.05) is 12.8 Å². The molecule has 3 heteroatoms. The summed E-state index contributed by atoms with van der Waals surface area (Å²) < 4.78 is 0. The molecule has 0 aromatic heterocycles. The minimum absolute atomic E-state index is 0.784. The zero-order chi connectivity index (χ0) is 11.4. The molecule has 1 N–H and O–H groups in total. The second kappa shape index (κ2) is 5.99. The van der Waals surface area contributed by atoms with Crippen molar-refractivity contribution >= 4 is 0 Å². The summed E-state index contributed by atoms with van der Waals surface area (Å²) in [4.78, 5) is 4.97. The quantitative estimate of drug-likeness (QED) is 0.757. The van der Waals surface area contributed by atoms with Crippen molar-refractivity contribution in [2.45, 2.75) is 44.2 Å². The number of hydrogen-bond acceptors (Lipinski definition) is 3. The number of nitrogens with zero attached hydrogens (tertiary/aromatic N) is 2. The third-order valence-electron chi connectivity index (χ3n) is 4.19. The number of likely N-dealkylation sites (tertiary alicyclic amines) is 1. The smallest absolute Gasteiger partial charge is 0.0229 e. The summed E-state index contributed by atoms with van der Waals surface area (Å²) in [6.45, 7) is 4.97. The molecule has 94 valence electrons. The van der Waals surface area contributed by atoms with Gasteiger partial charge in [-0.2, -0.15) is 0 Å². The van der Waals surface area contributed by atoms with Gasteiger partial charge in [0.1, 0.15) is 0 Å². The number of nitrogens with one attached hydrogen (secondary N) is 1. The van der Waals surface area contributed by atoms with Crippen LogP contribution in [0.2, 0.25) is 0 Å². The Bertz CT molecular complexity index is 199. The van der Waals surface area contributed by atoms with E-state index in [0.29, 0.717) is 0 Å². The van der Waals surface area contributed by atoms with Crippen molar-refractivity contribution in [3.63, 3.8) is 0 Å². The number of likely N-dealkylation sites (N-methyl/N-ethyl adjacent to an activating group) is 1. The number of rotatable bonds is 5. The van der Waals surface area contributed by atoms with E-state index in [4.69, 9.17) is 0 Å². The van der Waals surface area contributed by atoms with Gasteiger partial charge >= 0.3 is 0 Å². The lowest BCUT2D eigenvalue weighted by Crippen LogP contribution is -2.37. The average Bonchev–Trinajstić information content (AvgIpc) is 2.87. The molecule has 16 heavy (non-hydrogen) atoms. The minimum atomic E-state index is 0.784. The first kappa shape index (κ1) is 12.3. The fourth-order valence-electron chi connectivity index (χ4n) is 2.99. The fourth-order valence-corrected chi connectivity index (χ4v) is 2.99. The maximum atomic E-state index is 3.70. The highest BCUT2D eigenvalue weighted by Gasteiger charge is 2.23. The van der Waals surface area contributed by atoms with Crippen LogP contribution >= 0.6 is 0 Å². The van der Waals surface area contributed by atoms with Crippen LogP contribution in [0.15, 0.2) is 0 Å². The van der Waals surface area contributed by atoms with Gasteiger partial charge < -0.3 is 15.1 Å². The van der Waals surface area contributed by atoms with Crippen molar-refractivity contribution in [1.82, 2.24) is 15.1 Å². The highest BCUT2D eigenvalue weighted by Crippen LogP contribution is 2.17. The number of hydrogen-bond donors (Lipinski definition) is 1. The molecule has 0 aromatic rings. The van der Waals surface area contributed by atoms with Gasteiger partial charge in [-0.05, 0) is 39.9 Å². The topological polar surface area (TPSA) is 18.5 Å². The largest absolute Gasteiger partial charge is 0.313 e. The molecule has 1 heterocycles. The molecule has 1 atom stereocenters. The van der Waals surface area contributed by atoms with E-state index >= 15 is 0 Å². The third-order valence-corrected chi connectivity index (χ3v) is 4.19. The van der Waals surface area contributed by atoms with Crippen molar-refractivity contribution < 1.29 is 0 Å². The molecule has 0 amide bonds. The predicted octanol–water partition coefficient (Wildman–Crippen LogP) is 1.15. The van der Waals surface area contributed by atoms with Crippen LogP contribution in [0.4, 0.5) is 0 Å². The molecule has 1 saturated heterocycles. The predicted molar refractivity (Wildman–Crippen MR) is 68.8 cm³/mol. The molecule has 2 rings (SSSR count). The average molecular weight is 225 g/mol. The Kier molecular flexibility index (Phi) is 4.62. The van der Waals surface area contributed by atoms with E-state index in [1.807, 2.05) is 0 Å². The first-order valence-electron chi connectivity index (χ1n) is 6.88. The van der Waals surface area contributed by atoms with Gasteiger partial charge in [0.05, 0.1) is 0 Å². The zero-order valence-corrected chi connectivity index (χ0v) is 10.9. The summed E-state index contributed by atoms with van der Waals surface area (Å²) in [6, 6.07) is 1.61. The molecule has 0 radical (unpaired) electrons. The maximum Gasteiger partial charge on any atom is 0.0229 e. The molecular formula is C13H27N3. The molecule has 1 aliphatic carbocycles. The summed E-state index contributed by atoms with van der Waals surface area (Å²) in [7, 11) is 4.40. The first-order chi connectivity index (χ1) is 7.75. The monoisotopic (exact) mass is 225 g/mol. The maximum absolute atomic E-state index is 3.70. The van der Waals surface area contributed by atoms with E-state index in [1.165, 1.54) is 58.3 Å². The second-order valence-corrected chi connectivity index (χ2v) is 5.64. The van der Waals surface area contributed by atoms with E-state index < -0.39 is 0 Å². The van der Waals surface area contributed by atoms with Crippen LogP contribution in [0.3, 0.4) is 0 Å². The molecule has 0 aromatic carbocycles. The standard InChI is InChI=1S/C13H27N3/c1-15(2)13-7-9-16(11-13)10-8-14-12-5-3-4-6-12/h12-14H,3-11H2,1-2H3. The van der Waals surface area contributed by atoms with Crippen LogP contribution in [0.25, 0.3) is 0 Å². The van der Waals surface area contributed by atoms with Gasteiger partial charge in [-0.3, -0.25) is 0 Å². The Balaban J connectivity index is 1.57. The zero-order valence-electron chi connectivity index (χ0n) is 10.9. The molecule has 2 aliphatic rings. The van der Waals surface area contributed by atoms with Crippen LogP contribution in [0.1, 0.15) is 32.1 Å². The Hall–Kier alpha value is -0.120. The summed E-state index contributed by atoms with van der Waals surface area (Å²) in [5.74, 6) is 0. The SMILES string of the molecule is CN(C)C1CCN(CCNC2CCCC2)C1. The Morgan fingerprint density at radius 1 is 1.19 bits per heavy atom. The summed E-state index contributed by atoms with van der Waals surface area (Å²) in [5.41, 5.74) is 0. The van der Waals surface area contributed by atoms with Crippen molar-refractivity contribution in [3.8, 4) is 0 Å². The van der Waals surface area contributed by atoms with Crippen molar-refractivity contribution in [2.24, 2.45) is 0 Å². The molecule has 0 spiro atoms.